The highest BCUT2D eigenvalue weighted by Gasteiger charge is 2.53. The number of alkyl halides is 2. The van der Waals surface area contributed by atoms with Gasteiger partial charge in [0.25, 0.3) is 18.4 Å². The number of aromatic nitrogens is 2. The van der Waals surface area contributed by atoms with Crippen LogP contribution in [0.15, 0.2) is 35.6 Å². The molecule has 1 aliphatic rings. The largest absolute Gasteiger partial charge is 0.463 e. The van der Waals surface area contributed by atoms with E-state index in [1.807, 2.05) is 0 Å². The number of rotatable bonds is 6. The fourth-order valence-electron chi connectivity index (χ4n) is 3.36. The van der Waals surface area contributed by atoms with Gasteiger partial charge in [-0.1, -0.05) is 24.4 Å². The molecule has 0 aliphatic carbocycles. The Balaban J connectivity index is 1.92. The van der Waals surface area contributed by atoms with Crippen molar-refractivity contribution in [3.05, 3.63) is 46.9 Å². The molecule has 0 bridgehead atoms. The second kappa shape index (κ2) is 9.36. The maximum absolute atomic E-state index is 14.4. The van der Waals surface area contributed by atoms with Crippen molar-refractivity contribution in [3.8, 4) is 18.2 Å². The van der Waals surface area contributed by atoms with Crippen LogP contribution in [0.3, 0.4) is 0 Å². The van der Waals surface area contributed by atoms with E-state index in [9.17, 15) is 13.6 Å². The van der Waals surface area contributed by atoms with Gasteiger partial charge in [0, 0.05) is 22.2 Å². The molecular weight excluding hydrogens is 444 g/mol. The van der Waals surface area contributed by atoms with Crippen LogP contribution >= 0.6 is 11.6 Å². The highest BCUT2D eigenvalue weighted by Crippen LogP contribution is 2.47. The minimum Gasteiger partial charge on any atom is -0.463 e. The number of anilines is 1. The van der Waals surface area contributed by atoms with Gasteiger partial charge in [-0.3, -0.25) is 4.79 Å². The summed E-state index contributed by atoms with van der Waals surface area (Å²) >= 11 is 6.29. The van der Waals surface area contributed by atoms with Crippen LogP contribution in [0, 0.1) is 18.3 Å². The summed E-state index contributed by atoms with van der Waals surface area (Å²) in [7, 11) is 0. The molecule has 8 nitrogen and oxygen atoms in total. The van der Waals surface area contributed by atoms with Crippen LogP contribution in [0.4, 0.5) is 14.5 Å². The van der Waals surface area contributed by atoms with Gasteiger partial charge in [-0.2, -0.15) is 0 Å². The number of nitrogens with one attached hydrogen (secondary N) is 1. The Kier molecular flexibility index (Phi) is 6.79. The first kappa shape index (κ1) is 23.2. The SMILES string of the molecule is C#CCOc1cnc(C(=O)Nc2ccc(Cl)c([C@]3(C(F)F)N=C(N)OC(C)[C@H]3C)c2)cn1. The Bertz CT molecular complexity index is 1070. The van der Waals surface area contributed by atoms with Crippen molar-refractivity contribution in [2.75, 3.05) is 11.9 Å². The summed E-state index contributed by atoms with van der Waals surface area (Å²) in [5.41, 5.74) is 3.83. The fraction of sp³-hybridized carbons (Fsp3) is 0.333. The summed E-state index contributed by atoms with van der Waals surface area (Å²) in [6.07, 6.45) is 3.97. The molecule has 0 fully saturated rings. The smallest absolute Gasteiger partial charge is 0.283 e. The fourth-order valence-corrected chi connectivity index (χ4v) is 3.63. The van der Waals surface area contributed by atoms with Gasteiger partial charge in [-0.15, -0.1) is 6.42 Å². The highest BCUT2D eigenvalue weighted by atomic mass is 35.5. The molecule has 1 aliphatic heterocycles. The monoisotopic (exact) mass is 463 g/mol. The third kappa shape index (κ3) is 4.43. The summed E-state index contributed by atoms with van der Waals surface area (Å²) in [6.45, 7) is 3.21. The van der Waals surface area contributed by atoms with Gasteiger partial charge in [0.05, 0.1) is 12.4 Å². The van der Waals surface area contributed by atoms with Gasteiger partial charge >= 0.3 is 0 Å². The molecular formula is C21H20ClF2N5O3. The lowest BCUT2D eigenvalue weighted by Crippen LogP contribution is -2.51. The molecule has 1 unspecified atom stereocenters. The highest BCUT2D eigenvalue weighted by molar-refractivity contribution is 6.31. The molecule has 0 radical (unpaired) electrons. The minimum atomic E-state index is -2.94. The number of hydrogen-bond donors (Lipinski definition) is 2. The summed E-state index contributed by atoms with van der Waals surface area (Å²) in [4.78, 5) is 24.4. The molecule has 0 saturated carbocycles. The lowest BCUT2D eigenvalue weighted by atomic mass is 9.76. The molecule has 3 N–H and O–H groups in total. The number of terminal acetylenes is 1. The Hall–Kier alpha value is -3.45. The van der Waals surface area contributed by atoms with Crippen molar-refractivity contribution in [1.82, 2.24) is 9.97 Å². The average Bonchev–Trinajstić information content (AvgIpc) is 2.76. The lowest BCUT2D eigenvalue weighted by Gasteiger charge is -2.42. The van der Waals surface area contributed by atoms with Crippen LogP contribution in [0.2, 0.25) is 5.02 Å². The first-order valence-corrected chi connectivity index (χ1v) is 9.86. The number of hydrogen-bond acceptors (Lipinski definition) is 7. The van der Waals surface area contributed by atoms with Gasteiger partial charge in [-0.25, -0.2) is 23.7 Å². The summed E-state index contributed by atoms with van der Waals surface area (Å²) in [5, 5.41) is 2.64. The number of aliphatic imine (C=N–C) groups is 1. The molecule has 3 atom stereocenters. The average molecular weight is 464 g/mol. The number of carbonyl (C=O) groups excluding carboxylic acids is 1. The molecule has 2 aromatic rings. The topological polar surface area (TPSA) is 112 Å². The number of carbonyl (C=O) groups is 1. The van der Waals surface area contributed by atoms with Crippen LogP contribution in [-0.4, -0.2) is 41.0 Å². The van der Waals surface area contributed by atoms with Gasteiger partial charge < -0.3 is 20.5 Å². The van der Waals surface area contributed by atoms with E-state index in [1.54, 1.807) is 13.8 Å². The van der Waals surface area contributed by atoms with Crippen molar-refractivity contribution < 1.29 is 23.0 Å². The summed E-state index contributed by atoms with van der Waals surface area (Å²) in [5.74, 6) is 1.06. The zero-order valence-corrected chi connectivity index (χ0v) is 17.9. The number of ether oxygens (including phenoxy) is 2. The minimum absolute atomic E-state index is 0.00867. The van der Waals surface area contributed by atoms with E-state index < -0.39 is 29.9 Å². The third-order valence-corrected chi connectivity index (χ3v) is 5.48. The standard InChI is InChI=1S/C21H20ClF2N5O3/c1-4-7-31-17-10-26-16(9-27-17)18(30)28-13-5-6-15(22)14(8-13)21(19(23)24)11(2)12(3)32-20(25)29-21/h1,5-6,8-12,19H,7H2,2-3H3,(H2,25,29)(H,28,30)/t11-,12?,21-/m1/s1. The zero-order chi connectivity index (χ0) is 23.5. The predicted molar refractivity (Wildman–Crippen MR) is 115 cm³/mol. The van der Waals surface area contributed by atoms with Crippen LogP contribution < -0.4 is 15.8 Å². The Morgan fingerprint density at radius 1 is 1.41 bits per heavy atom. The Morgan fingerprint density at radius 3 is 2.78 bits per heavy atom. The van der Waals surface area contributed by atoms with Crippen molar-refractivity contribution in [2.45, 2.75) is 31.9 Å². The molecule has 168 valence electrons. The van der Waals surface area contributed by atoms with Crippen LogP contribution in [0.5, 0.6) is 5.88 Å². The van der Waals surface area contributed by atoms with E-state index in [0.29, 0.717) is 0 Å². The van der Waals surface area contributed by atoms with Crippen molar-refractivity contribution in [2.24, 2.45) is 16.6 Å². The summed E-state index contributed by atoms with van der Waals surface area (Å²) < 4.78 is 39.2. The lowest BCUT2D eigenvalue weighted by molar-refractivity contribution is -0.0347. The van der Waals surface area contributed by atoms with Crippen LogP contribution in [-0.2, 0) is 10.3 Å². The first-order chi connectivity index (χ1) is 15.2. The molecule has 11 heteroatoms. The number of nitrogens with two attached hydrogens (primary N) is 1. The predicted octanol–water partition coefficient (Wildman–Crippen LogP) is 3.22. The van der Waals surface area contributed by atoms with Crippen LogP contribution in [0.25, 0.3) is 0 Å². The summed E-state index contributed by atoms with van der Waals surface area (Å²) in [6, 6.07) is 3.86. The molecule has 1 aromatic heterocycles. The van der Waals surface area contributed by atoms with E-state index in [-0.39, 0.29) is 40.5 Å². The number of benzene rings is 1. The molecule has 0 spiro atoms. The molecule has 1 amide bonds. The number of halogens is 3. The maximum Gasteiger partial charge on any atom is 0.283 e. The van der Waals surface area contributed by atoms with Crippen molar-refractivity contribution in [1.29, 1.82) is 0 Å². The van der Waals surface area contributed by atoms with E-state index in [2.05, 4.69) is 26.2 Å². The van der Waals surface area contributed by atoms with Crippen molar-refractivity contribution >= 4 is 29.2 Å². The second-order valence-corrected chi connectivity index (χ2v) is 7.48. The van der Waals surface area contributed by atoms with E-state index in [4.69, 9.17) is 33.2 Å². The maximum atomic E-state index is 14.4. The Labute approximate surface area is 188 Å². The molecule has 3 rings (SSSR count). The molecule has 1 aromatic carbocycles. The van der Waals surface area contributed by atoms with Gasteiger partial charge in [0.2, 0.25) is 5.88 Å². The first-order valence-electron chi connectivity index (χ1n) is 9.48. The van der Waals surface area contributed by atoms with Crippen LogP contribution in [0.1, 0.15) is 29.9 Å². The van der Waals surface area contributed by atoms with Gasteiger partial charge in [-0.05, 0) is 25.1 Å². The van der Waals surface area contributed by atoms with Crippen molar-refractivity contribution in [3.63, 3.8) is 0 Å². The van der Waals surface area contributed by atoms with Gasteiger partial charge in [0.15, 0.2) is 12.1 Å². The van der Waals surface area contributed by atoms with Gasteiger partial charge in [0.1, 0.15) is 11.8 Å². The number of nitrogens with zero attached hydrogens (tertiary/aromatic N) is 3. The number of amidine groups is 1. The zero-order valence-electron chi connectivity index (χ0n) is 17.2. The molecule has 0 saturated heterocycles. The van der Waals surface area contributed by atoms with E-state index >= 15 is 0 Å². The van der Waals surface area contributed by atoms with E-state index in [0.717, 1.165) is 0 Å². The quantitative estimate of drug-likeness (QED) is 0.636. The third-order valence-electron chi connectivity index (χ3n) is 5.15. The Morgan fingerprint density at radius 2 is 2.16 bits per heavy atom. The second-order valence-electron chi connectivity index (χ2n) is 7.07. The van der Waals surface area contributed by atoms with E-state index in [1.165, 1.54) is 30.6 Å². The molecule has 2 heterocycles. The normalized spacial score (nSPS) is 22.5. The number of amides is 1. The molecule has 32 heavy (non-hydrogen) atoms.